The zero-order chi connectivity index (χ0) is 21.0. The van der Waals surface area contributed by atoms with Crippen molar-refractivity contribution in [2.75, 3.05) is 0 Å². The molecule has 0 saturated heterocycles. The zero-order valence-electron chi connectivity index (χ0n) is 18.4. The van der Waals surface area contributed by atoms with Gasteiger partial charge in [-0.05, 0) is 67.5 Å². The van der Waals surface area contributed by atoms with E-state index in [2.05, 4.69) is 120 Å². The Hall–Kier alpha value is -2.86. The maximum Gasteiger partial charge on any atom is 0.0709 e. The molecule has 0 radical (unpaired) electrons. The van der Waals surface area contributed by atoms with Gasteiger partial charge in [0.05, 0.1) is 5.41 Å². The van der Waals surface area contributed by atoms with Crippen LogP contribution >= 0.6 is 0 Å². The van der Waals surface area contributed by atoms with Crippen LogP contribution in [0.5, 0.6) is 0 Å². The van der Waals surface area contributed by atoms with Gasteiger partial charge in [0.2, 0.25) is 0 Å². The van der Waals surface area contributed by atoms with Crippen LogP contribution in [0.15, 0.2) is 108 Å². The Labute approximate surface area is 176 Å². The molecule has 0 nitrogen and oxygen atoms in total. The van der Waals surface area contributed by atoms with E-state index in [4.69, 9.17) is 0 Å². The second kappa shape index (κ2) is 8.66. The molecule has 2 aromatic rings. The van der Waals surface area contributed by atoms with E-state index >= 15 is 0 Å². The van der Waals surface area contributed by atoms with Crippen molar-refractivity contribution in [2.45, 2.75) is 46.5 Å². The highest BCUT2D eigenvalue weighted by Crippen LogP contribution is 2.55. The van der Waals surface area contributed by atoms with Gasteiger partial charge in [-0.2, -0.15) is 0 Å². The number of allylic oxidation sites excluding steroid dienone is 9. The lowest BCUT2D eigenvalue weighted by atomic mass is 9.66. The molecule has 2 aromatic carbocycles. The van der Waals surface area contributed by atoms with Crippen LogP contribution in [0.4, 0.5) is 0 Å². The molecule has 0 amide bonds. The average Bonchev–Trinajstić information content (AvgIpc) is 2.92. The van der Waals surface area contributed by atoms with Crippen molar-refractivity contribution < 1.29 is 0 Å². The fourth-order valence-corrected chi connectivity index (χ4v) is 4.36. The van der Waals surface area contributed by atoms with Crippen LogP contribution in [0.3, 0.4) is 0 Å². The summed E-state index contributed by atoms with van der Waals surface area (Å²) in [5, 5.41) is 0. The number of rotatable bonds is 5. The van der Waals surface area contributed by atoms with E-state index in [0.717, 1.165) is 12.0 Å². The molecule has 1 aliphatic carbocycles. The van der Waals surface area contributed by atoms with Crippen molar-refractivity contribution >= 4 is 0 Å². The van der Waals surface area contributed by atoms with E-state index in [1.54, 1.807) is 0 Å². The minimum absolute atomic E-state index is 0.354. The largest absolute Gasteiger partial charge is 0.0911 e. The van der Waals surface area contributed by atoms with Gasteiger partial charge in [-0.25, -0.2) is 0 Å². The summed E-state index contributed by atoms with van der Waals surface area (Å²) in [6.45, 7) is 15.3. The molecule has 29 heavy (non-hydrogen) atoms. The summed E-state index contributed by atoms with van der Waals surface area (Å²) in [6.07, 6.45) is 12.1. The van der Waals surface area contributed by atoms with Crippen molar-refractivity contribution in [3.8, 4) is 0 Å². The van der Waals surface area contributed by atoms with Crippen LogP contribution in [0.25, 0.3) is 0 Å². The molecule has 0 N–H and O–H groups in total. The van der Waals surface area contributed by atoms with E-state index in [9.17, 15) is 0 Å². The standard InChI is InChI=1S/C29H32/c1-7-9-10-12-28-24(6)23(5)27(11-8-2)29(28,25-17-13-21(3)14-18-25)26-19-15-22(4)16-20-26/h8-20H,6-7H2,1-5H3/b10-9-,11-8-,28-12+. The fourth-order valence-electron chi connectivity index (χ4n) is 4.36. The molecule has 0 saturated carbocycles. The Bertz CT molecular complexity index is 957. The van der Waals surface area contributed by atoms with Crippen molar-refractivity contribution in [3.63, 3.8) is 0 Å². The lowest BCUT2D eigenvalue weighted by Crippen LogP contribution is -2.29. The van der Waals surface area contributed by atoms with Gasteiger partial charge in [-0.3, -0.25) is 0 Å². The summed E-state index contributed by atoms with van der Waals surface area (Å²) in [5.74, 6) is 0. The first-order chi connectivity index (χ1) is 14.0. The molecule has 0 spiro atoms. The van der Waals surface area contributed by atoms with Gasteiger partial charge in [0.15, 0.2) is 0 Å². The van der Waals surface area contributed by atoms with E-state index in [1.165, 1.54) is 39.0 Å². The number of aryl methyl sites for hydroxylation is 2. The topological polar surface area (TPSA) is 0 Å². The first kappa shape index (κ1) is 20.9. The minimum Gasteiger partial charge on any atom is -0.0911 e. The molecule has 0 fully saturated rings. The molecular formula is C29H32. The SMILES string of the molecule is C=C1C(C)=C(/C=C\C)C(c2ccc(C)cc2)(c2ccc(C)cc2)/C1=C/C=C\CC. The Balaban J connectivity index is 2.44. The molecule has 0 heterocycles. The summed E-state index contributed by atoms with van der Waals surface area (Å²) >= 11 is 0. The molecular weight excluding hydrogens is 348 g/mol. The highest BCUT2D eigenvalue weighted by molar-refractivity contribution is 5.75. The second-order valence-corrected chi connectivity index (χ2v) is 7.92. The van der Waals surface area contributed by atoms with Crippen LogP contribution < -0.4 is 0 Å². The Kier molecular flexibility index (Phi) is 6.23. The van der Waals surface area contributed by atoms with Crippen LogP contribution in [0.1, 0.15) is 49.4 Å². The van der Waals surface area contributed by atoms with E-state index in [1.807, 2.05) is 0 Å². The number of hydrogen-bond donors (Lipinski definition) is 0. The van der Waals surface area contributed by atoms with Crippen molar-refractivity contribution in [1.29, 1.82) is 0 Å². The zero-order valence-corrected chi connectivity index (χ0v) is 18.4. The summed E-state index contributed by atoms with van der Waals surface area (Å²) in [6, 6.07) is 18.0. The summed E-state index contributed by atoms with van der Waals surface area (Å²) in [4.78, 5) is 0. The number of benzene rings is 2. The van der Waals surface area contributed by atoms with E-state index in [-0.39, 0.29) is 5.41 Å². The monoisotopic (exact) mass is 380 g/mol. The van der Waals surface area contributed by atoms with Crippen molar-refractivity contribution in [2.24, 2.45) is 0 Å². The van der Waals surface area contributed by atoms with Gasteiger partial charge in [0.25, 0.3) is 0 Å². The van der Waals surface area contributed by atoms with Crippen molar-refractivity contribution in [3.05, 3.63) is 130 Å². The second-order valence-electron chi connectivity index (χ2n) is 7.92. The molecule has 148 valence electrons. The maximum absolute atomic E-state index is 4.52. The van der Waals surface area contributed by atoms with Gasteiger partial charge in [-0.15, -0.1) is 0 Å². The third kappa shape index (κ3) is 3.60. The lowest BCUT2D eigenvalue weighted by Gasteiger charge is -2.35. The smallest absolute Gasteiger partial charge is 0.0709 e. The Morgan fingerprint density at radius 2 is 1.38 bits per heavy atom. The van der Waals surface area contributed by atoms with Gasteiger partial charge in [0, 0.05) is 0 Å². The molecule has 0 bridgehead atoms. The van der Waals surface area contributed by atoms with Gasteiger partial charge in [0.1, 0.15) is 0 Å². The maximum atomic E-state index is 4.52. The molecule has 0 aliphatic heterocycles. The van der Waals surface area contributed by atoms with E-state index < -0.39 is 0 Å². The van der Waals surface area contributed by atoms with Crippen LogP contribution in [-0.4, -0.2) is 0 Å². The highest BCUT2D eigenvalue weighted by atomic mass is 14.5. The molecule has 1 aliphatic rings. The van der Waals surface area contributed by atoms with E-state index in [0.29, 0.717) is 0 Å². The van der Waals surface area contributed by atoms with Crippen molar-refractivity contribution in [1.82, 2.24) is 0 Å². The summed E-state index contributed by atoms with van der Waals surface area (Å²) in [5.41, 5.74) is 9.73. The summed E-state index contributed by atoms with van der Waals surface area (Å²) < 4.78 is 0. The molecule has 0 atom stereocenters. The molecule has 3 rings (SSSR count). The van der Waals surface area contributed by atoms with Gasteiger partial charge >= 0.3 is 0 Å². The normalized spacial score (nSPS) is 18.0. The first-order valence-corrected chi connectivity index (χ1v) is 10.5. The summed E-state index contributed by atoms with van der Waals surface area (Å²) in [7, 11) is 0. The Morgan fingerprint density at radius 1 is 0.862 bits per heavy atom. The predicted octanol–water partition coefficient (Wildman–Crippen LogP) is 7.94. The molecule has 0 aromatic heterocycles. The van der Waals surface area contributed by atoms with Gasteiger partial charge < -0.3 is 0 Å². The lowest BCUT2D eigenvalue weighted by molar-refractivity contribution is 0.757. The number of hydrogen-bond acceptors (Lipinski definition) is 0. The van der Waals surface area contributed by atoms with Gasteiger partial charge in [-0.1, -0.05) is 104 Å². The minimum atomic E-state index is -0.354. The Morgan fingerprint density at radius 3 is 1.83 bits per heavy atom. The average molecular weight is 381 g/mol. The highest BCUT2D eigenvalue weighted by Gasteiger charge is 2.47. The fraction of sp³-hybridized carbons (Fsp3) is 0.241. The van der Waals surface area contributed by atoms with Crippen LogP contribution in [0, 0.1) is 13.8 Å². The third-order valence-corrected chi connectivity index (χ3v) is 5.93. The van der Waals surface area contributed by atoms with Crippen LogP contribution in [0.2, 0.25) is 0 Å². The molecule has 0 heteroatoms. The molecule has 0 unspecified atom stereocenters. The first-order valence-electron chi connectivity index (χ1n) is 10.5. The predicted molar refractivity (Wildman–Crippen MR) is 127 cm³/mol. The quantitative estimate of drug-likeness (QED) is 0.494. The third-order valence-electron chi connectivity index (χ3n) is 5.93. The van der Waals surface area contributed by atoms with Crippen LogP contribution in [-0.2, 0) is 5.41 Å².